The van der Waals surface area contributed by atoms with Gasteiger partial charge in [-0.15, -0.1) is 13.2 Å². The van der Waals surface area contributed by atoms with Crippen LogP contribution < -0.4 is 4.90 Å². The van der Waals surface area contributed by atoms with Gasteiger partial charge >= 0.3 is 5.97 Å². The quantitative estimate of drug-likeness (QED) is 0.169. The Hall–Kier alpha value is -2.49. The van der Waals surface area contributed by atoms with Crippen LogP contribution >= 0.6 is 15.9 Å². The van der Waals surface area contributed by atoms with E-state index in [1.807, 2.05) is 39.0 Å². The Morgan fingerprint density at radius 1 is 1.31 bits per heavy atom. The molecule has 4 rings (SSSR count). The van der Waals surface area contributed by atoms with Crippen LogP contribution in [0.15, 0.2) is 43.5 Å². The van der Waals surface area contributed by atoms with Crippen LogP contribution in [0, 0.1) is 25.7 Å². The second-order valence-electron chi connectivity index (χ2n) is 10.7. The number of benzene rings is 1. The average Bonchev–Trinajstić information content (AvgIpc) is 3.50. The number of rotatable bonds is 12. The minimum Gasteiger partial charge on any atom is -0.465 e. The number of esters is 1. The molecule has 1 N–H and O–H groups in total. The molecule has 39 heavy (non-hydrogen) atoms. The Labute approximate surface area is 239 Å². The highest BCUT2D eigenvalue weighted by Crippen LogP contribution is 2.61. The third-order valence-electron chi connectivity index (χ3n) is 8.39. The maximum Gasteiger partial charge on any atom is 0.312 e. The zero-order chi connectivity index (χ0) is 28.5. The Morgan fingerprint density at radius 2 is 2.00 bits per heavy atom. The van der Waals surface area contributed by atoms with E-state index >= 15 is 0 Å². The predicted octanol–water partition coefficient (Wildman–Crippen LogP) is 3.85. The Balaban J connectivity index is 1.80. The molecule has 8 nitrogen and oxygen atoms in total. The van der Waals surface area contributed by atoms with Crippen molar-refractivity contribution < 1.29 is 29.0 Å². The second kappa shape index (κ2) is 11.9. The van der Waals surface area contributed by atoms with Gasteiger partial charge in [0, 0.05) is 17.1 Å². The summed E-state index contributed by atoms with van der Waals surface area (Å²) in [6, 6.07) is 4.20. The van der Waals surface area contributed by atoms with E-state index in [-0.39, 0.29) is 36.4 Å². The van der Waals surface area contributed by atoms with E-state index in [1.165, 1.54) is 4.90 Å². The lowest BCUT2D eigenvalue weighted by molar-refractivity contribution is -0.155. The summed E-state index contributed by atoms with van der Waals surface area (Å²) in [6.07, 6.45) is 5.00. The molecule has 1 aromatic carbocycles. The molecule has 3 unspecified atom stereocenters. The molecule has 0 saturated carbocycles. The van der Waals surface area contributed by atoms with Gasteiger partial charge in [0.2, 0.25) is 5.91 Å². The molecule has 7 atom stereocenters. The fraction of sp³-hybridized carbons (Fsp3) is 0.567. The van der Waals surface area contributed by atoms with Crippen LogP contribution in [-0.2, 0) is 23.9 Å². The minimum atomic E-state index is -1.23. The molecule has 2 bridgehead atoms. The number of ether oxygens (including phenoxy) is 2. The molecule has 3 aliphatic rings. The first kappa shape index (κ1) is 29.5. The van der Waals surface area contributed by atoms with Gasteiger partial charge in [0.25, 0.3) is 5.91 Å². The first-order chi connectivity index (χ1) is 18.7. The number of aliphatic hydroxyl groups excluding tert-OH is 1. The Morgan fingerprint density at radius 3 is 2.59 bits per heavy atom. The first-order valence-corrected chi connectivity index (χ1v) is 14.6. The summed E-state index contributed by atoms with van der Waals surface area (Å²) in [6.45, 7) is 13.5. The highest BCUT2D eigenvalue weighted by molar-refractivity contribution is 9.09. The van der Waals surface area contributed by atoms with Crippen molar-refractivity contribution in [1.29, 1.82) is 0 Å². The number of nitrogens with zero attached hydrogens (tertiary/aromatic N) is 2. The molecule has 3 heterocycles. The lowest BCUT2D eigenvalue weighted by Crippen LogP contribution is -2.59. The van der Waals surface area contributed by atoms with Gasteiger partial charge in [0.1, 0.15) is 11.6 Å². The molecule has 9 heteroatoms. The number of aliphatic hydroxyl groups is 1. The number of fused-ring (bicyclic) bond motifs is 1. The molecular weight excluding hydrogens is 564 g/mol. The SMILES string of the molecule is C=CCCCOC(=O)[C@H]1[C@@H]2OC3(CC2Br)C(C(=O)N(CC=C)c2c(C)cccc2C)N([C@@H](CC)CO)C(=O)[C@H]13. The number of likely N-dealkylation sites (tertiary alicyclic amines) is 1. The summed E-state index contributed by atoms with van der Waals surface area (Å²) in [7, 11) is 0. The van der Waals surface area contributed by atoms with E-state index in [0.29, 0.717) is 25.7 Å². The van der Waals surface area contributed by atoms with Crippen LogP contribution in [0.3, 0.4) is 0 Å². The van der Waals surface area contributed by atoms with E-state index in [9.17, 15) is 19.5 Å². The van der Waals surface area contributed by atoms with E-state index in [0.717, 1.165) is 16.8 Å². The normalized spacial score (nSPS) is 29.7. The number of amides is 2. The summed E-state index contributed by atoms with van der Waals surface area (Å²) in [5.41, 5.74) is 1.37. The number of allylic oxidation sites excluding steroid dienone is 1. The van der Waals surface area contributed by atoms with Crippen LogP contribution in [0.1, 0.15) is 43.7 Å². The monoisotopic (exact) mass is 602 g/mol. The number of aryl methyl sites for hydroxylation is 2. The van der Waals surface area contributed by atoms with Gasteiger partial charge in [0.05, 0.1) is 37.2 Å². The molecule has 3 fully saturated rings. The molecule has 3 aliphatic heterocycles. The fourth-order valence-corrected chi connectivity index (χ4v) is 7.66. The Bertz CT molecular complexity index is 1120. The average molecular weight is 604 g/mol. The maximum atomic E-state index is 14.7. The third-order valence-corrected chi connectivity index (χ3v) is 9.24. The number of unbranched alkanes of at least 4 members (excludes halogenated alkanes) is 1. The molecule has 212 valence electrons. The molecule has 1 spiro atoms. The van der Waals surface area contributed by atoms with Gasteiger partial charge in [0.15, 0.2) is 0 Å². The van der Waals surface area contributed by atoms with Gasteiger partial charge in [-0.05, 0) is 50.7 Å². The van der Waals surface area contributed by atoms with Crippen molar-refractivity contribution in [3.8, 4) is 0 Å². The molecule has 2 amide bonds. The number of alkyl halides is 1. The molecule has 0 radical (unpaired) electrons. The first-order valence-electron chi connectivity index (χ1n) is 13.7. The van der Waals surface area contributed by atoms with Crippen molar-refractivity contribution in [2.45, 2.75) is 75.1 Å². The zero-order valence-electron chi connectivity index (χ0n) is 23.0. The summed E-state index contributed by atoms with van der Waals surface area (Å²) in [5.74, 6) is -2.86. The maximum absolute atomic E-state index is 14.7. The van der Waals surface area contributed by atoms with Crippen LogP contribution in [0.5, 0.6) is 0 Å². The fourth-order valence-electron chi connectivity index (χ4n) is 6.72. The molecule has 1 aromatic rings. The van der Waals surface area contributed by atoms with Crippen molar-refractivity contribution >= 4 is 39.4 Å². The van der Waals surface area contributed by atoms with Gasteiger partial charge in [-0.3, -0.25) is 14.4 Å². The van der Waals surface area contributed by atoms with E-state index in [1.54, 1.807) is 17.1 Å². The predicted molar refractivity (Wildman–Crippen MR) is 153 cm³/mol. The van der Waals surface area contributed by atoms with Gasteiger partial charge in [-0.1, -0.05) is 53.2 Å². The van der Waals surface area contributed by atoms with E-state index < -0.39 is 41.6 Å². The van der Waals surface area contributed by atoms with Crippen LogP contribution in [0.4, 0.5) is 5.69 Å². The van der Waals surface area contributed by atoms with Crippen molar-refractivity contribution in [3.05, 3.63) is 54.6 Å². The smallest absolute Gasteiger partial charge is 0.312 e. The third kappa shape index (κ3) is 4.87. The number of carbonyl (C=O) groups is 3. The number of carbonyl (C=O) groups excluding carboxylic acids is 3. The van der Waals surface area contributed by atoms with Crippen molar-refractivity contribution in [1.82, 2.24) is 4.90 Å². The summed E-state index contributed by atoms with van der Waals surface area (Å²) >= 11 is 3.69. The standard InChI is InChI=1S/C30H39BrN2O6/c1-6-9-10-15-38-29(37)22-23-27(35)33(20(8-3)17-34)26(30(23)16-21(31)25(22)39-30)28(36)32(14-7-2)24-18(4)12-11-13-19(24)5/h6-7,11-13,20-23,25-26,34H,1-2,8-10,14-17H2,3-5H3/t20-,21?,22+,23-,25+,26?,30?/m0/s1. The Kier molecular flexibility index (Phi) is 9.03. The lowest BCUT2D eigenvalue weighted by atomic mass is 9.70. The second-order valence-corrected chi connectivity index (χ2v) is 11.9. The number of hydrogen-bond acceptors (Lipinski definition) is 6. The molecule has 0 aromatic heterocycles. The highest BCUT2D eigenvalue weighted by atomic mass is 79.9. The summed E-state index contributed by atoms with van der Waals surface area (Å²) in [4.78, 5) is 45.2. The summed E-state index contributed by atoms with van der Waals surface area (Å²) in [5, 5.41) is 10.3. The lowest BCUT2D eigenvalue weighted by Gasteiger charge is -2.39. The van der Waals surface area contributed by atoms with Gasteiger partial charge < -0.3 is 24.4 Å². The zero-order valence-corrected chi connectivity index (χ0v) is 24.6. The molecule has 3 saturated heterocycles. The van der Waals surface area contributed by atoms with Crippen molar-refractivity contribution in [3.63, 3.8) is 0 Å². The number of para-hydroxylation sites is 1. The van der Waals surface area contributed by atoms with Crippen LogP contribution in [0.2, 0.25) is 0 Å². The van der Waals surface area contributed by atoms with Crippen LogP contribution in [0.25, 0.3) is 0 Å². The topological polar surface area (TPSA) is 96.4 Å². The number of hydrogen-bond donors (Lipinski definition) is 1. The van der Waals surface area contributed by atoms with Crippen molar-refractivity contribution in [2.75, 3.05) is 24.7 Å². The number of anilines is 1. The van der Waals surface area contributed by atoms with Crippen LogP contribution in [-0.4, -0.2) is 76.2 Å². The van der Waals surface area contributed by atoms with E-state index in [2.05, 4.69) is 29.1 Å². The summed E-state index contributed by atoms with van der Waals surface area (Å²) < 4.78 is 12.2. The van der Waals surface area contributed by atoms with Crippen molar-refractivity contribution in [2.24, 2.45) is 11.8 Å². The number of halogens is 1. The van der Waals surface area contributed by atoms with Gasteiger partial charge in [-0.2, -0.15) is 0 Å². The highest BCUT2D eigenvalue weighted by Gasteiger charge is 2.77. The van der Waals surface area contributed by atoms with Gasteiger partial charge in [-0.25, -0.2) is 0 Å². The largest absolute Gasteiger partial charge is 0.465 e. The van der Waals surface area contributed by atoms with E-state index in [4.69, 9.17) is 9.47 Å². The minimum absolute atomic E-state index is 0.217. The molecule has 0 aliphatic carbocycles. The molecular formula is C30H39BrN2O6.